The molecular weight excluding hydrogens is 554 g/mol. The number of hydrogen-bond donors (Lipinski definition) is 1. The molecule has 2 aromatic rings. The van der Waals surface area contributed by atoms with Crippen molar-refractivity contribution in [2.24, 2.45) is 0 Å². The third kappa shape index (κ3) is 7.97. The number of piperazine rings is 1. The SMILES string of the molecule is CC(CCN1CCN(S(C)(=O)=O)CC1)(C(=O)NCc1ccccc1OC(F)(F)F)c1ccc(Cl)c(Cl)c1. The average Bonchev–Trinajstić information content (AvgIpc) is 2.82. The smallest absolute Gasteiger partial charge is 0.405 e. The first-order valence-electron chi connectivity index (χ1n) is 11.4. The normalized spacial score (nSPS) is 17.3. The lowest BCUT2D eigenvalue weighted by Crippen LogP contribution is -2.50. The van der Waals surface area contributed by atoms with Gasteiger partial charge in [0.2, 0.25) is 15.9 Å². The molecule has 204 valence electrons. The fourth-order valence-corrected chi connectivity index (χ4v) is 5.26. The van der Waals surface area contributed by atoms with E-state index in [9.17, 15) is 26.4 Å². The Kier molecular flexibility index (Phi) is 9.39. The highest BCUT2D eigenvalue weighted by Crippen LogP contribution is 2.34. The predicted octanol–water partition coefficient (Wildman–Crippen LogP) is 4.43. The van der Waals surface area contributed by atoms with Crippen molar-refractivity contribution in [1.82, 2.24) is 14.5 Å². The van der Waals surface area contributed by atoms with Gasteiger partial charge in [-0.05, 0) is 43.7 Å². The Bertz CT molecular complexity index is 1220. The van der Waals surface area contributed by atoms with Crippen molar-refractivity contribution < 1.29 is 31.1 Å². The summed E-state index contributed by atoms with van der Waals surface area (Å²) in [5, 5.41) is 3.33. The molecule has 2 aromatic carbocycles. The van der Waals surface area contributed by atoms with E-state index in [2.05, 4.69) is 15.0 Å². The molecule has 0 radical (unpaired) electrons. The standard InChI is InChI=1S/C24H28Cl2F3N3O4S/c1-23(18-7-8-19(25)20(26)15-18,9-10-31-11-13-32(14-12-31)37(2,34)35)22(33)30-16-17-5-3-4-6-21(17)36-24(27,28)29/h3-8,15H,9-14,16H2,1-2H3,(H,30,33). The van der Waals surface area contributed by atoms with E-state index in [-0.39, 0.29) is 17.1 Å². The van der Waals surface area contributed by atoms with Crippen molar-refractivity contribution in [3.05, 3.63) is 63.6 Å². The van der Waals surface area contributed by atoms with Gasteiger partial charge in [-0.3, -0.25) is 4.79 Å². The molecule has 3 rings (SSSR count). The van der Waals surface area contributed by atoms with E-state index in [0.29, 0.717) is 49.7 Å². The lowest BCUT2D eigenvalue weighted by Gasteiger charge is -2.36. The molecule has 0 bridgehead atoms. The molecule has 1 saturated heterocycles. The Morgan fingerprint density at radius 2 is 1.70 bits per heavy atom. The summed E-state index contributed by atoms with van der Waals surface area (Å²) in [5.41, 5.74) is -0.349. The summed E-state index contributed by atoms with van der Waals surface area (Å²) in [7, 11) is -3.27. The van der Waals surface area contributed by atoms with Gasteiger partial charge in [0.1, 0.15) is 5.75 Å². The summed E-state index contributed by atoms with van der Waals surface area (Å²) in [6.07, 6.45) is -3.35. The van der Waals surface area contributed by atoms with Crippen molar-refractivity contribution in [3.63, 3.8) is 0 Å². The van der Waals surface area contributed by atoms with Gasteiger partial charge in [0, 0.05) is 38.3 Å². The van der Waals surface area contributed by atoms with Gasteiger partial charge in [0.25, 0.3) is 0 Å². The molecule has 1 unspecified atom stereocenters. The molecule has 1 aliphatic rings. The number of carbonyl (C=O) groups excluding carboxylic acids is 1. The van der Waals surface area contributed by atoms with Crippen LogP contribution < -0.4 is 10.1 Å². The first-order valence-corrected chi connectivity index (χ1v) is 14.0. The monoisotopic (exact) mass is 581 g/mol. The van der Waals surface area contributed by atoms with Crippen molar-refractivity contribution in [2.75, 3.05) is 39.0 Å². The molecule has 1 fully saturated rings. The zero-order chi connectivity index (χ0) is 27.4. The first kappa shape index (κ1) is 29.5. The predicted molar refractivity (Wildman–Crippen MR) is 136 cm³/mol. The second kappa shape index (κ2) is 11.8. The molecule has 1 atom stereocenters. The largest absolute Gasteiger partial charge is 0.573 e. The van der Waals surface area contributed by atoms with E-state index in [0.717, 1.165) is 0 Å². The molecule has 0 saturated carbocycles. The second-order valence-electron chi connectivity index (χ2n) is 9.05. The van der Waals surface area contributed by atoms with Crippen molar-refractivity contribution >= 4 is 39.1 Å². The maximum atomic E-state index is 13.5. The van der Waals surface area contributed by atoms with Crippen LogP contribution in [0.3, 0.4) is 0 Å². The van der Waals surface area contributed by atoms with Crippen LogP contribution in [0.1, 0.15) is 24.5 Å². The zero-order valence-electron chi connectivity index (χ0n) is 20.3. The minimum absolute atomic E-state index is 0.168. The third-order valence-electron chi connectivity index (χ3n) is 6.42. The Hall–Kier alpha value is -2.05. The van der Waals surface area contributed by atoms with E-state index in [1.54, 1.807) is 31.2 Å². The maximum Gasteiger partial charge on any atom is 0.573 e. The summed E-state index contributed by atoms with van der Waals surface area (Å²) in [6, 6.07) is 10.5. The molecule has 1 N–H and O–H groups in total. The molecule has 0 aliphatic carbocycles. The number of nitrogens with zero attached hydrogens (tertiary/aromatic N) is 2. The van der Waals surface area contributed by atoms with Crippen molar-refractivity contribution in [1.29, 1.82) is 0 Å². The molecule has 13 heteroatoms. The van der Waals surface area contributed by atoms with E-state index in [4.69, 9.17) is 23.2 Å². The van der Waals surface area contributed by atoms with Crippen LogP contribution in [0.25, 0.3) is 0 Å². The first-order chi connectivity index (χ1) is 17.2. The number of sulfonamides is 1. The summed E-state index contributed by atoms with van der Waals surface area (Å²) in [6.45, 7) is 3.74. The number of rotatable bonds is 9. The molecule has 37 heavy (non-hydrogen) atoms. The van der Waals surface area contributed by atoms with Gasteiger partial charge in [-0.2, -0.15) is 4.31 Å². The Morgan fingerprint density at radius 1 is 1.05 bits per heavy atom. The van der Waals surface area contributed by atoms with Gasteiger partial charge in [0.05, 0.1) is 21.7 Å². The number of nitrogens with one attached hydrogen (secondary N) is 1. The van der Waals surface area contributed by atoms with Gasteiger partial charge >= 0.3 is 6.36 Å². The fraction of sp³-hybridized carbons (Fsp3) is 0.458. The number of carbonyl (C=O) groups is 1. The molecule has 1 heterocycles. The lowest BCUT2D eigenvalue weighted by molar-refractivity contribution is -0.274. The Morgan fingerprint density at radius 3 is 2.30 bits per heavy atom. The van der Waals surface area contributed by atoms with E-state index >= 15 is 0 Å². The molecular formula is C24H28Cl2F3N3O4S. The number of benzene rings is 2. The van der Waals surface area contributed by atoms with Crippen LogP contribution in [0.2, 0.25) is 10.0 Å². The summed E-state index contributed by atoms with van der Waals surface area (Å²) < 4.78 is 67.5. The average molecular weight is 582 g/mol. The minimum atomic E-state index is -4.87. The second-order valence-corrected chi connectivity index (χ2v) is 11.8. The van der Waals surface area contributed by atoms with Crippen LogP contribution in [0.4, 0.5) is 13.2 Å². The minimum Gasteiger partial charge on any atom is -0.405 e. The number of ether oxygens (including phenoxy) is 1. The lowest BCUT2D eigenvalue weighted by atomic mass is 9.78. The molecule has 0 spiro atoms. The van der Waals surface area contributed by atoms with Crippen LogP contribution in [-0.2, 0) is 26.8 Å². The van der Waals surface area contributed by atoms with Gasteiger partial charge in [0.15, 0.2) is 0 Å². The highest BCUT2D eigenvalue weighted by Gasteiger charge is 2.37. The van der Waals surface area contributed by atoms with Crippen molar-refractivity contribution in [2.45, 2.75) is 31.7 Å². The fourth-order valence-electron chi connectivity index (χ4n) is 4.14. The van der Waals surface area contributed by atoms with E-state index in [1.165, 1.54) is 28.8 Å². The van der Waals surface area contributed by atoms with Crippen LogP contribution in [0, 0.1) is 0 Å². The quantitative estimate of drug-likeness (QED) is 0.474. The number of hydrogen-bond acceptors (Lipinski definition) is 5. The number of alkyl halides is 3. The third-order valence-corrected chi connectivity index (χ3v) is 8.47. The maximum absolute atomic E-state index is 13.5. The molecule has 1 aliphatic heterocycles. The summed E-state index contributed by atoms with van der Waals surface area (Å²) in [4.78, 5) is 15.6. The molecule has 7 nitrogen and oxygen atoms in total. The number of halogens is 5. The highest BCUT2D eigenvalue weighted by atomic mass is 35.5. The zero-order valence-corrected chi connectivity index (χ0v) is 22.6. The summed E-state index contributed by atoms with van der Waals surface area (Å²) in [5.74, 6) is -0.808. The number of para-hydroxylation sites is 1. The van der Waals surface area contributed by atoms with Crippen LogP contribution in [-0.4, -0.2) is 68.9 Å². The van der Waals surface area contributed by atoms with Gasteiger partial charge in [-0.1, -0.05) is 47.5 Å². The van der Waals surface area contributed by atoms with Gasteiger partial charge in [-0.15, -0.1) is 13.2 Å². The topological polar surface area (TPSA) is 79.0 Å². The van der Waals surface area contributed by atoms with E-state index < -0.39 is 33.5 Å². The Labute approximate surface area is 224 Å². The van der Waals surface area contributed by atoms with Crippen LogP contribution >= 0.6 is 23.2 Å². The highest BCUT2D eigenvalue weighted by molar-refractivity contribution is 7.88. The van der Waals surface area contributed by atoms with Crippen molar-refractivity contribution in [3.8, 4) is 5.75 Å². The molecule has 1 amide bonds. The van der Waals surface area contributed by atoms with E-state index in [1.807, 2.05) is 0 Å². The number of amides is 1. The molecule has 0 aromatic heterocycles. The summed E-state index contributed by atoms with van der Waals surface area (Å²) >= 11 is 12.3. The van der Waals surface area contributed by atoms with Crippen LogP contribution in [0.5, 0.6) is 5.75 Å². The van der Waals surface area contributed by atoms with Gasteiger partial charge in [-0.25, -0.2) is 8.42 Å². The van der Waals surface area contributed by atoms with Gasteiger partial charge < -0.3 is 15.0 Å². The van der Waals surface area contributed by atoms with Crippen LogP contribution in [0.15, 0.2) is 42.5 Å². The Balaban J connectivity index is 1.77.